The molecule has 0 saturated carbocycles. The van der Waals surface area contributed by atoms with Crippen molar-refractivity contribution in [2.24, 2.45) is 5.92 Å². The molecule has 0 rings (SSSR count). The van der Waals surface area contributed by atoms with E-state index in [1.165, 1.54) is 6.42 Å². The van der Waals surface area contributed by atoms with Crippen LogP contribution in [0.1, 0.15) is 33.6 Å². The van der Waals surface area contributed by atoms with Gasteiger partial charge in [-0.2, -0.15) is 0 Å². The van der Waals surface area contributed by atoms with Crippen molar-refractivity contribution in [1.82, 2.24) is 0 Å². The Bertz CT molecular complexity index is 73.7. The molecule has 1 unspecified atom stereocenters. The molecule has 0 bridgehead atoms. The first-order valence-electron chi connectivity index (χ1n) is 3.94. The number of alkyl halides is 1. The summed E-state index contributed by atoms with van der Waals surface area (Å²) in [6.07, 6.45) is 2.28. The molecule has 0 aromatic rings. The van der Waals surface area contributed by atoms with Crippen LogP contribution in [0.25, 0.3) is 0 Å². The van der Waals surface area contributed by atoms with Crippen molar-refractivity contribution in [3.8, 4) is 0 Å². The van der Waals surface area contributed by atoms with Gasteiger partial charge in [-0.05, 0) is 12.3 Å². The summed E-state index contributed by atoms with van der Waals surface area (Å²) in [5.74, 6) is 0.415. The second-order valence-electron chi connectivity index (χ2n) is 2.82. The highest BCUT2D eigenvalue weighted by Gasteiger charge is 2.07. The Hall–Kier alpha value is 0.250. The lowest BCUT2D eigenvalue weighted by molar-refractivity contribution is 0.0763. The van der Waals surface area contributed by atoms with Crippen LogP contribution in [0.5, 0.6) is 0 Å². The van der Waals surface area contributed by atoms with Gasteiger partial charge < -0.3 is 4.74 Å². The van der Waals surface area contributed by atoms with Crippen molar-refractivity contribution < 1.29 is 4.74 Å². The van der Waals surface area contributed by atoms with Gasteiger partial charge in [0.2, 0.25) is 0 Å². The Morgan fingerprint density at radius 3 is 2.40 bits per heavy atom. The van der Waals surface area contributed by atoms with Gasteiger partial charge in [0.05, 0.1) is 0 Å². The van der Waals surface area contributed by atoms with E-state index in [2.05, 4.69) is 20.8 Å². The van der Waals surface area contributed by atoms with Gasteiger partial charge in [0.15, 0.2) is 0 Å². The van der Waals surface area contributed by atoms with E-state index in [-0.39, 0.29) is 5.56 Å². The fourth-order valence-corrected chi connectivity index (χ4v) is 0.622. The smallest absolute Gasteiger partial charge is 0.133 e. The lowest BCUT2D eigenvalue weighted by Gasteiger charge is -2.13. The molecule has 2 heteroatoms. The minimum atomic E-state index is -0.105. The summed E-state index contributed by atoms with van der Waals surface area (Å²) in [7, 11) is 0. The van der Waals surface area contributed by atoms with E-state index in [1.54, 1.807) is 0 Å². The normalized spacial score (nSPS) is 14.1. The molecule has 0 aromatic heterocycles. The van der Waals surface area contributed by atoms with Gasteiger partial charge in [0.1, 0.15) is 5.56 Å². The summed E-state index contributed by atoms with van der Waals surface area (Å²) in [6, 6.07) is 0. The van der Waals surface area contributed by atoms with Gasteiger partial charge in [0.25, 0.3) is 0 Å². The minimum Gasteiger partial charge on any atom is -0.362 e. The molecule has 0 aliphatic heterocycles. The molecular formula is C8H17ClO. The van der Waals surface area contributed by atoms with Gasteiger partial charge in [0, 0.05) is 6.61 Å². The third-order valence-corrected chi connectivity index (χ3v) is 1.93. The van der Waals surface area contributed by atoms with Crippen LogP contribution in [-0.4, -0.2) is 12.2 Å². The Labute approximate surface area is 68.7 Å². The molecule has 0 fully saturated rings. The van der Waals surface area contributed by atoms with E-state index < -0.39 is 0 Å². The van der Waals surface area contributed by atoms with Crippen LogP contribution in [0.3, 0.4) is 0 Å². The average Bonchev–Trinajstić information content (AvgIpc) is 1.88. The summed E-state index contributed by atoms with van der Waals surface area (Å²) >= 11 is 5.83. The van der Waals surface area contributed by atoms with Gasteiger partial charge in [-0.1, -0.05) is 38.8 Å². The lowest BCUT2D eigenvalue weighted by atomic mass is 10.2. The molecular weight excluding hydrogens is 148 g/mol. The van der Waals surface area contributed by atoms with Crippen LogP contribution in [0, 0.1) is 5.92 Å². The minimum absolute atomic E-state index is 0.105. The third kappa shape index (κ3) is 5.07. The highest BCUT2D eigenvalue weighted by atomic mass is 35.5. The maximum atomic E-state index is 5.83. The van der Waals surface area contributed by atoms with Crippen LogP contribution in [0.2, 0.25) is 0 Å². The fraction of sp³-hybridized carbons (Fsp3) is 1.00. The summed E-state index contributed by atoms with van der Waals surface area (Å²) in [5, 5.41) is 0. The highest BCUT2D eigenvalue weighted by Crippen LogP contribution is 2.10. The van der Waals surface area contributed by atoms with Crippen molar-refractivity contribution >= 4 is 11.6 Å². The molecule has 10 heavy (non-hydrogen) atoms. The van der Waals surface area contributed by atoms with Crippen molar-refractivity contribution in [3.05, 3.63) is 0 Å². The maximum Gasteiger partial charge on any atom is 0.133 e. The molecule has 0 saturated heterocycles. The molecule has 0 N–H and O–H groups in total. The first-order valence-corrected chi connectivity index (χ1v) is 4.37. The van der Waals surface area contributed by atoms with E-state index in [0.717, 1.165) is 13.0 Å². The second kappa shape index (κ2) is 5.99. The van der Waals surface area contributed by atoms with E-state index in [9.17, 15) is 0 Å². The molecule has 62 valence electrons. The third-order valence-electron chi connectivity index (χ3n) is 1.30. The lowest BCUT2D eigenvalue weighted by Crippen LogP contribution is -2.12. The monoisotopic (exact) mass is 164 g/mol. The number of rotatable bonds is 5. The predicted molar refractivity (Wildman–Crippen MR) is 45.3 cm³/mol. The summed E-state index contributed by atoms with van der Waals surface area (Å²) in [4.78, 5) is 0. The van der Waals surface area contributed by atoms with Crippen molar-refractivity contribution in [3.63, 3.8) is 0 Å². The Morgan fingerprint density at radius 2 is 2.00 bits per heavy atom. The first-order chi connectivity index (χ1) is 4.68. The Morgan fingerprint density at radius 1 is 1.40 bits per heavy atom. The molecule has 0 spiro atoms. The fourth-order valence-electron chi connectivity index (χ4n) is 0.533. The first kappa shape index (κ1) is 10.2. The molecule has 1 atom stereocenters. The second-order valence-corrected chi connectivity index (χ2v) is 3.25. The molecule has 0 aliphatic rings. The van der Waals surface area contributed by atoms with Crippen LogP contribution in [-0.2, 0) is 4.74 Å². The van der Waals surface area contributed by atoms with Gasteiger partial charge in [-0.25, -0.2) is 0 Å². The molecule has 0 amide bonds. The zero-order valence-corrected chi connectivity index (χ0v) is 7.82. The van der Waals surface area contributed by atoms with Gasteiger partial charge in [-0.3, -0.25) is 0 Å². The molecule has 1 nitrogen and oxygen atoms in total. The quantitative estimate of drug-likeness (QED) is 0.449. The summed E-state index contributed by atoms with van der Waals surface area (Å²) in [5.41, 5.74) is -0.105. The van der Waals surface area contributed by atoms with Crippen LogP contribution < -0.4 is 0 Å². The van der Waals surface area contributed by atoms with Crippen molar-refractivity contribution in [1.29, 1.82) is 0 Å². The number of unbranched alkanes of at least 4 members (excludes halogenated alkanes) is 1. The number of halogens is 1. The molecule has 0 aliphatic carbocycles. The Balaban J connectivity index is 3.13. The zero-order chi connectivity index (χ0) is 7.98. The number of hydrogen-bond acceptors (Lipinski definition) is 1. The Kier molecular flexibility index (Phi) is 6.14. The van der Waals surface area contributed by atoms with Crippen LogP contribution >= 0.6 is 11.6 Å². The van der Waals surface area contributed by atoms with Crippen molar-refractivity contribution in [2.45, 2.75) is 39.2 Å². The standard InChI is InChI=1S/C8H17ClO/c1-4-5-6-10-8(9)7(2)3/h7-8H,4-6H2,1-3H3. The van der Waals surface area contributed by atoms with Gasteiger partial charge >= 0.3 is 0 Å². The summed E-state index contributed by atoms with van der Waals surface area (Å²) in [6.45, 7) is 7.05. The molecule has 0 heterocycles. The highest BCUT2D eigenvalue weighted by molar-refractivity contribution is 6.19. The molecule has 0 aromatic carbocycles. The van der Waals surface area contributed by atoms with E-state index in [1.807, 2.05) is 0 Å². The van der Waals surface area contributed by atoms with E-state index in [0.29, 0.717) is 5.92 Å². The number of hydrogen-bond donors (Lipinski definition) is 0. The van der Waals surface area contributed by atoms with Crippen LogP contribution in [0.15, 0.2) is 0 Å². The topological polar surface area (TPSA) is 9.23 Å². The summed E-state index contributed by atoms with van der Waals surface area (Å²) < 4.78 is 5.31. The van der Waals surface area contributed by atoms with Crippen LogP contribution in [0.4, 0.5) is 0 Å². The number of ether oxygens (including phenoxy) is 1. The average molecular weight is 165 g/mol. The zero-order valence-electron chi connectivity index (χ0n) is 7.06. The van der Waals surface area contributed by atoms with E-state index in [4.69, 9.17) is 16.3 Å². The SMILES string of the molecule is CCCCOC(Cl)C(C)C. The largest absolute Gasteiger partial charge is 0.362 e. The predicted octanol–water partition coefficient (Wildman–Crippen LogP) is 3.02. The van der Waals surface area contributed by atoms with Gasteiger partial charge in [-0.15, -0.1) is 0 Å². The van der Waals surface area contributed by atoms with E-state index >= 15 is 0 Å². The molecule has 0 radical (unpaired) electrons. The van der Waals surface area contributed by atoms with Crippen molar-refractivity contribution in [2.75, 3.05) is 6.61 Å². The maximum absolute atomic E-state index is 5.83.